The Balaban J connectivity index is 1.62. The van der Waals surface area contributed by atoms with Crippen molar-refractivity contribution in [3.05, 3.63) is 69.6 Å². The number of hydrogen-bond donors (Lipinski definition) is 4. The van der Waals surface area contributed by atoms with Crippen LogP contribution in [0, 0.1) is 0 Å². The van der Waals surface area contributed by atoms with Crippen LogP contribution in [0.4, 0.5) is 5.69 Å². The molecule has 4 rings (SSSR count). The molecule has 0 fully saturated rings. The lowest BCUT2D eigenvalue weighted by Gasteiger charge is -2.28. The molecule has 0 saturated carbocycles. The van der Waals surface area contributed by atoms with E-state index < -0.39 is 0 Å². The standard InChI is InChI=1S/C20H20N4O3/c21-14-3-1-12(2-4-14)19-22-17-11-24(8-7-16(17)20(27)23-19)10-13-9-15(25)5-6-18(13)26/h1-6,9,25-26H,7-8,10-11,21H2,(H,22,23,27). The van der Waals surface area contributed by atoms with Gasteiger partial charge in [0.1, 0.15) is 17.3 Å². The Bertz CT molecular complexity index is 1040. The number of rotatable bonds is 3. The number of phenolic OH excluding ortho intramolecular Hbond substituents is 2. The van der Waals surface area contributed by atoms with Gasteiger partial charge >= 0.3 is 0 Å². The van der Waals surface area contributed by atoms with Crippen molar-refractivity contribution in [3.8, 4) is 22.9 Å². The Morgan fingerprint density at radius 2 is 1.93 bits per heavy atom. The largest absolute Gasteiger partial charge is 0.508 e. The topological polar surface area (TPSA) is 115 Å². The van der Waals surface area contributed by atoms with Gasteiger partial charge in [0.25, 0.3) is 5.56 Å². The molecule has 27 heavy (non-hydrogen) atoms. The van der Waals surface area contributed by atoms with Crippen LogP contribution in [-0.2, 0) is 19.5 Å². The Labute approximate surface area is 155 Å². The summed E-state index contributed by atoms with van der Waals surface area (Å²) >= 11 is 0. The van der Waals surface area contributed by atoms with Gasteiger partial charge in [-0.1, -0.05) is 0 Å². The normalized spacial score (nSPS) is 14.1. The smallest absolute Gasteiger partial charge is 0.254 e. The number of H-pyrrole nitrogens is 1. The number of fused-ring (bicyclic) bond motifs is 1. The Hall–Kier alpha value is -3.32. The second kappa shape index (κ2) is 6.77. The molecule has 2 aromatic carbocycles. The molecule has 0 unspecified atom stereocenters. The minimum Gasteiger partial charge on any atom is -0.508 e. The molecule has 7 heteroatoms. The highest BCUT2D eigenvalue weighted by Gasteiger charge is 2.22. The molecule has 0 amide bonds. The first-order chi connectivity index (χ1) is 13.0. The fourth-order valence-electron chi connectivity index (χ4n) is 3.35. The van der Waals surface area contributed by atoms with Gasteiger partial charge in [0.05, 0.1) is 5.69 Å². The molecule has 5 N–H and O–H groups in total. The van der Waals surface area contributed by atoms with Gasteiger partial charge in [-0.15, -0.1) is 0 Å². The number of nitrogen functional groups attached to an aromatic ring is 1. The first kappa shape index (κ1) is 17.1. The lowest BCUT2D eigenvalue weighted by Crippen LogP contribution is -2.35. The molecule has 0 atom stereocenters. The van der Waals surface area contributed by atoms with Crippen LogP contribution >= 0.6 is 0 Å². The molecule has 138 valence electrons. The average Bonchev–Trinajstić information content (AvgIpc) is 2.65. The van der Waals surface area contributed by atoms with Crippen LogP contribution < -0.4 is 11.3 Å². The van der Waals surface area contributed by atoms with Crippen LogP contribution in [0.5, 0.6) is 11.5 Å². The molecule has 0 aliphatic carbocycles. The van der Waals surface area contributed by atoms with Gasteiger partial charge in [-0.05, 0) is 48.9 Å². The highest BCUT2D eigenvalue weighted by Crippen LogP contribution is 2.26. The van der Waals surface area contributed by atoms with Gasteiger partial charge in [0.2, 0.25) is 0 Å². The number of hydrogen-bond acceptors (Lipinski definition) is 6. The molecule has 1 aliphatic rings. The van der Waals surface area contributed by atoms with Crippen molar-refractivity contribution in [1.29, 1.82) is 0 Å². The molecular weight excluding hydrogens is 344 g/mol. The summed E-state index contributed by atoms with van der Waals surface area (Å²) < 4.78 is 0. The monoisotopic (exact) mass is 364 g/mol. The number of phenols is 2. The molecular formula is C20H20N4O3. The van der Waals surface area contributed by atoms with E-state index in [1.54, 1.807) is 18.2 Å². The summed E-state index contributed by atoms with van der Waals surface area (Å²) in [4.78, 5) is 22.1. The summed E-state index contributed by atoms with van der Waals surface area (Å²) in [7, 11) is 0. The molecule has 3 aromatic rings. The maximum Gasteiger partial charge on any atom is 0.254 e. The van der Waals surface area contributed by atoms with Crippen LogP contribution in [0.2, 0.25) is 0 Å². The molecule has 1 aromatic heterocycles. The summed E-state index contributed by atoms with van der Waals surface area (Å²) in [6, 6.07) is 11.7. The van der Waals surface area contributed by atoms with Crippen LogP contribution in [0.25, 0.3) is 11.4 Å². The zero-order valence-electron chi connectivity index (χ0n) is 14.6. The van der Waals surface area contributed by atoms with Crippen LogP contribution in [0.1, 0.15) is 16.8 Å². The number of aromatic nitrogens is 2. The lowest BCUT2D eigenvalue weighted by molar-refractivity contribution is 0.237. The summed E-state index contributed by atoms with van der Waals surface area (Å²) in [5, 5.41) is 19.6. The minimum absolute atomic E-state index is 0.111. The van der Waals surface area contributed by atoms with E-state index in [1.165, 1.54) is 12.1 Å². The van der Waals surface area contributed by atoms with Gasteiger partial charge in [0, 0.05) is 42.0 Å². The number of anilines is 1. The molecule has 0 radical (unpaired) electrons. The first-order valence-corrected chi connectivity index (χ1v) is 8.71. The van der Waals surface area contributed by atoms with E-state index in [0.717, 1.165) is 11.3 Å². The fraction of sp³-hybridized carbons (Fsp3) is 0.200. The summed E-state index contributed by atoms with van der Waals surface area (Å²) in [6.45, 7) is 1.63. The summed E-state index contributed by atoms with van der Waals surface area (Å²) in [5.41, 5.74) is 9.12. The molecule has 7 nitrogen and oxygen atoms in total. The second-order valence-corrected chi connectivity index (χ2v) is 6.74. The number of nitrogens with one attached hydrogen (secondary N) is 1. The number of nitrogens with two attached hydrogens (primary N) is 1. The molecule has 0 saturated heterocycles. The number of aromatic amines is 1. The molecule has 2 heterocycles. The minimum atomic E-state index is -0.119. The van der Waals surface area contributed by atoms with Crippen molar-refractivity contribution in [3.63, 3.8) is 0 Å². The van der Waals surface area contributed by atoms with Crippen molar-refractivity contribution >= 4 is 5.69 Å². The van der Waals surface area contributed by atoms with Crippen molar-refractivity contribution in [1.82, 2.24) is 14.9 Å². The predicted molar refractivity (Wildman–Crippen MR) is 102 cm³/mol. The van der Waals surface area contributed by atoms with E-state index >= 15 is 0 Å². The molecule has 1 aliphatic heterocycles. The van der Waals surface area contributed by atoms with E-state index in [0.29, 0.717) is 48.7 Å². The van der Waals surface area contributed by atoms with Crippen LogP contribution in [0.3, 0.4) is 0 Å². The Morgan fingerprint density at radius 3 is 2.70 bits per heavy atom. The highest BCUT2D eigenvalue weighted by molar-refractivity contribution is 5.58. The number of benzene rings is 2. The zero-order chi connectivity index (χ0) is 19.0. The van der Waals surface area contributed by atoms with Gasteiger partial charge < -0.3 is 20.9 Å². The number of nitrogens with zero attached hydrogens (tertiary/aromatic N) is 2. The SMILES string of the molecule is Nc1ccc(-c2nc3c(c(=O)[nH]2)CCN(Cc2cc(O)ccc2O)C3)cc1. The van der Waals surface area contributed by atoms with E-state index in [1.807, 2.05) is 12.1 Å². The van der Waals surface area contributed by atoms with E-state index in [9.17, 15) is 15.0 Å². The first-order valence-electron chi connectivity index (χ1n) is 8.71. The van der Waals surface area contributed by atoms with Crippen LogP contribution in [0.15, 0.2) is 47.3 Å². The van der Waals surface area contributed by atoms with Crippen molar-refractivity contribution in [2.45, 2.75) is 19.5 Å². The summed E-state index contributed by atoms with van der Waals surface area (Å²) in [6.07, 6.45) is 0.583. The summed E-state index contributed by atoms with van der Waals surface area (Å²) in [5.74, 6) is 0.765. The van der Waals surface area contributed by atoms with E-state index in [-0.39, 0.29) is 17.1 Å². The van der Waals surface area contributed by atoms with Crippen LogP contribution in [-0.4, -0.2) is 31.6 Å². The van der Waals surface area contributed by atoms with Gasteiger partial charge in [-0.2, -0.15) is 0 Å². The third kappa shape index (κ3) is 3.50. The zero-order valence-corrected chi connectivity index (χ0v) is 14.6. The van der Waals surface area contributed by atoms with Crippen molar-refractivity contribution < 1.29 is 10.2 Å². The lowest BCUT2D eigenvalue weighted by atomic mass is 10.0. The van der Waals surface area contributed by atoms with Crippen molar-refractivity contribution in [2.24, 2.45) is 0 Å². The fourth-order valence-corrected chi connectivity index (χ4v) is 3.35. The van der Waals surface area contributed by atoms with Gasteiger partial charge in [0.15, 0.2) is 0 Å². The predicted octanol–water partition coefficient (Wildman–Crippen LogP) is 1.99. The highest BCUT2D eigenvalue weighted by atomic mass is 16.3. The van der Waals surface area contributed by atoms with E-state index in [2.05, 4.69) is 14.9 Å². The average molecular weight is 364 g/mol. The Morgan fingerprint density at radius 1 is 1.15 bits per heavy atom. The second-order valence-electron chi connectivity index (χ2n) is 6.74. The Kier molecular flexibility index (Phi) is 4.29. The number of aromatic hydroxyl groups is 2. The van der Waals surface area contributed by atoms with Crippen molar-refractivity contribution in [2.75, 3.05) is 12.3 Å². The molecule has 0 bridgehead atoms. The molecule has 0 spiro atoms. The third-order valence-electron chi connectivity index (χ3n) is 4.79. The third-order valence-corrected chi connectivity index (χ3v) is 4.79. The van der Waals surface area contributed by atoms with Gasteiger partial charge in [-0.3, -0.25) is 9.69 Å². The van der Waals surface area contributed by atoms with Gasteiger partial charge in [-0.25, -0.2) is 4.98 Å². The maximum absolute atomic E-state index is 12.5. The maximum atomic E-state index is 12.5. The van der Waals surface area contributed by atoms with E-state index in [4.69, 9.17) is 5.73 Å². The quantitative estimate of drug-likeness (QED) is 0.417.